The van der Waals surface area contributed by atoms with Crippen LogP contribution in [0.1, 0.15) is 18.4 Å². The summed E-state index contributed by atoms with van der Waals surface area (Å²) in [5.41, 5.74) is 4.24. The van der Waals surface area contributed by atoms with Crippen LogP contribution in [-0.2, 0) is 5.54 Å². The lowest BCUT2D eigenvalue weighted by atomic mass is 9.69. The second kappa shape index (κ2) is 3.60. The third-order valence-corrected chi connectivity index (χ3v) is 2.90. The van der Waals surface area contributed by atoms with E-state index in [2.05, 4.69) is 0 Å². The summed E-state index contributed by atoms with van der Waals surface area (Å²) in [4.78, 5) is 0. The summed E-state index contributed by atoms with van der Waals surface area (Å²) in [6, 6.07) is 1.57. The van der Waals surface area contributed by atoms with Crippen molar-refractivity contribution in [2.45, 2.75) is 24.3 Å². The molecule has 2 rings (SSSR count). The fourth-order valence-electron chi connectivity index (χ4n) is 2.20. The molecule has 0 saturated heterocycles. The van der Waals surface area contributed by atoms with Crippen molar-refractivity contribution >= 4 is 0 Å². The molecule has 1 fully saturated rings. The first kappa shape index (κ1) is 12.2. The van der Waals surface area contributed by atoms with Crippen LogP contribution in [-0.4, -0.2) is 13.0 Å². The van der Waals surface area contributed by atoms with E-state index in [1.54, 1.807) is 0 Å². The summed E-state index contributed by atoms with van der Waals surface area (Å²) >= 11 is 0. The molecule has 0 spiro atoms. The minimum absolute atomic E-state index is 0.0524. The highest BCUT2D eigenvalue weighted by Crippen LogP contribution is 2.52. The summed E-state index contributed by atoms with van der Waals surface area (Å²) in [6.45, 7) is 0. The summed E-state index contributed by atoms with van der Waals surface area (Å²) < 4.78 is 56.9. The lowest BCUT2D eigenvalue weighted by Crippen LogP contribution is -2.55. The van der Waals surface area contributed by atoms with Crippen LogP contribution in [0.25, 0.3) is 0 Å². The third-order valence-electron chi connectivity index (χ3n) is 2.90. The van der Waals surface area contributed by atoms with Gasteiger partial charge in [-0.25, -0.2) is 17.6 Å². The van der Waals surface area contributed by atoms with Crippen LogP contribution in [0, 0.1) is 11.6 Å². The van der Waals surface area contributed by atoms with Gasteiger partial charge in [-0.1, -0.05) is 0 Å². The van der Waals surface area contributed by atoms with E-state index < -0.39 is 35.9 Å². The zero-order valence-electron chi connectivity index (χ0n) is 9.07. The highest BCUT2D eigenvalue weighted by atomic mass is 19.3. The maximum absolute atomic E-state index is 13.4. The normalized spacial score (nSPS) is 20.8. The maximum atomic E-state index is 13.4. The van der Waals surface area contributed by atoms with Gasteiger partial charge in [-0.3, -0.25) is 0 Å². The molecular weight excluding hydrogens is 238 g/mol. The average Bonchev–Trinajstić information content (AvgIpc) is 2.13. The third kappa shape index (κ3) is 1.97. The van der Waals surface area contributed by atoms with Crippen molar-refractivity contribution in [3.05, 3.63) is 29.3 Å². The number of halogens is 4. The van der Waals surface area contributed by atoms with E-state index in [1.807, 2.05) is 0 Å². The number of alkyl halides is 2. The van der Waals surface area contributed by atoms with E-state index in [9.17, 15) is 17.6 Å². The first-order chi connectivity index (χ1) is 7.77. The Hall–Kier alpha value is -1.30. The molecule has 17 heavy (non-hydrogen) atoms. The molecule has 0 radical (unpaired) electrons. The quantitative estimate of drug-likeness (QED) is 0.817. The molecule has 0 aromatic heterocycles. The summed E-state index contributed by atoms with van der Waals surface area (Å²) in [6.07, 6.45) is -1.28. The molecule has 1 aromatic carbocycles. The second-order valence-corrected chi connectivity index (χ2v) is 4.33. The number of hydrogen-bond acceptors (Lipinski definition) is 2. The lowest BCUT2D eigenvalue weighted by molar-refractivity contribution is -0.125. The summed E-state index contributed by atoms with van der Waals surface area (Å²) in [7, 11) is 1.18. The Morgan fingerprint density at radius 2 is 1.82 bits per heavy atom. The fraction of sp³-hybridized carbons (Fsp3) is 0.455. The highest BCUT2D eigenvalue weighted by molar-refractivity contribution is 5.43. The molecule has 0 aliphatic heterocycles. The molecule has 1 saturated carbocycles. The zero-order chi connectivity index (χ0) is 12.8. The van der Waals surface area contributed by atoms with Crippen molar-refractivity contribution in [2.24, 2.45) is 5.73 Å². The van der Waals surface area contributed by atoms with E-state index in [0.29, 0.717) is 6.07 Å². The maximum Gasteiger partial charge on any atom is 0.252 e. The Kier molecular flexibility index (Phi) is 2.57. The molecule has 1 aromatic rings. The first-order valence-electron chi connectivity index (χ1n) is 4.98. The van der Waals surface area contributed by atoms with Gasteiger partial charge >= 0.3 is 0 Å². The first-order valence-corrected chi connectivity index (χ1v) is 4.98. The van der Waals surface area contributed by atoms with Gasteiger partial charge < -0.3 is 10.5 Å². The minimum Gasteiger partial charge on any atom is -0.493 e. The van der Waals surface area contributed by atoms with E-state index in [0.717, 1.165) is 6.07 Å². The largest absolute Gasteiger partial charge is 0.493 e. The molecule has 94 valence electrons. The molecular formula is C11H11F4NO. The van der Waals surface area contributed by atoms with Crippen LogP contribution < -0.4 is 10.5 Å². The molecule has 0 heterocycles. The van der Waals surface area contributed by atoms with Gasteiger partial charge in [0.25, 0.3) is 5.92 Å². The van der Waals surface area contributed by atoms with Crippen molar-refractivity contribution in [3.8, 4) is 5.75 Å². The fourth-order valence-corrected chi connectivity index (χ4v) is 2.20. The Balaban J connectivity index is 2.45. The Morgan fingerprint density at radius 1 is 1.24 bits per heavy atom. The van der Waals surface area contributed by atoms with Crippen molar-refractivity contribution in [2.75, 3.05) is 7.11 Å². The molecule has 0 unspecified atom stereocenters. The standard InChI is InChI=1S/C11H11F4NO/c1-17-9-7(2-6(12)3-8(9)13)10(16)4-11(14,15)5-10/h2-3H,4-5,16H2,1H3. The van der Waals surface area contributed by atoms with Gasteiger partial charge in [-0.2, -0.15) is 0 Å². The topological polar surface area (TPSA) is 35.2 Å². The van der Waals surface area contributed by atoms with Crippen LogP contribution in [0.3, 0.4) is 0 Å². The number of benzene rings is 1. The molecule has 2 nitrogen and oxygen atoms in total. The number of ether oxygens (including phenoxy) is 1. The Morgan fingerprint density at radius 3 is 2.29 bits per heavy atom. The van der Waals surface area contributed by atoms with Crippen molar-refractivity contribution < 1.29 is 22.3 Å². The van der Waals surface area contributed by atoms with Gasteiger partial charge in [0.2, 0.25) is 0 Å². The number of methoxy groups -OCH3 is 1. The summed E-state index contributed by atoms with van der Waals surface area (Å²) in [5, 5.41) is 0. The predicted molar refractivity (Wildman–Crippen MR) is 53.0 cm³/mol. The van der Waals surface area contributed by atoms with Crippen LogP contribution in [0.4, 0.5) is 17.6 Å². The van der Waals surface area contributed by atoms with E-state index in [4.69, 9.17) is 10.5 Å². The van der Waals surface area contributed by atoms with Gasteiger partial charge in [0.1, 0.15) is 5.82 Å². The molecule has 1 aliphatic rings. The zero-order valence-corrected chi connectivity index (χ0v) is 9.07. The molecule has 6 heteroatoms. The summed E-state index contributed by atoms with van der Waals surface area (Å²) in [5.74, 6) is -4.96. The van der Waals surface area contributed by atoms with Crippen molar-refractivity contribution in [1.29, 1.82) is 0 Å². The van der Waals surface area contributed by atoms with Crippen LogP contribution >= 0.6 is 0 Å². The molecule has 0 bridgehead atoms. The number of nitrogens with two attached hydrogens (primary N) is 1. The van der Waals surface area contributed by atoms with Crippen molar-refractivity contribution in [1.82, 2.24) is 0 Å². The SMILES string of the molecule is COc1c(F)cc(F)cc1C1(N)CC(F)(F)C1. The van der Waals surface area contributed by atoms with E-state index >= 15 is 0 Å². The number of hydrogen-bond donors (Lipinski definition) is 1. The monoisotopic (exact) mass is 249 g/mol. The number of rotatable bonds is 2. The van der Waals surface area contributed by atoms with Crippen LogP contribution in [0.2, 0.25) is 0 Å². The van der Waals surface area contributed by atoms with E-state index in [-0.39, 0.29) is 11.3 Å². The predicted octanol–water partition coefficient (Wildman–Crippen LogP) is 2.56. The van der Waals surface area contributed by atoms with Gasteiger partial charge in [-0.05, 0) is 6.07 Å². The molecule has 2 N–H and O–H groups in total. The second-order valence-electron chi connectivity index (χ2n) is 4.33. The highest BCUT2D eigenvalue weighted by Gasteiger charge is 2.56. The smallest absolute Gasteiger partial charge is 0.252 e. The van der Waals surface area contributed by atoms with E-state index in [1.165, 1.54) is 7.11 Å². The van der Waals surface area contributed by atoms with Gasteiger partial charge in [0.05, 0.1) is 12.6 Å². The molecule has 0 atom stereocenters. The minimum atomic E-state index is -2.89. The van der Waals surface area contributed by atoms with Gasteiger partial charge in [-0.15, -0.1) is 0 Å². The Labute approximate surface area is 95.4 Å². The lowest BCUT2D eigenvalue weighted by Gasteiger charge is -2.45. The van der Waals surface area contributed by atoms with Crippen LogP contribution in [0.15, 0.2) is 12.1 Å². The van der Waals surface area contributed by atoms with Gasteiger partial charge in [0.15, 0.2) is 11.6 Å². The molecule has 0 amide bonds. The van der Waals surface area contributed by atoms with Crippen LogP contribution in [0.5, 0.6) is 5.75 Å². The molecule has 1 aliphatic carbocycles. The average molecular weight is 249 g/mol. The van der Waals surface area contributed by atoms with Gasteiger partial charge in [0, 0.05) is 24.5 Å². The Bertz CT molecular complexity index is 453. The van der Waals surface area contributed by atoms with Crippen molar-refractivity contribution in [3.63, 3.8) is 0 Å².